The molecule has 3 fully saturated rings. The van der Waals surface area contributed by atoms with Crippen molar-refractivity contribution in [3.05, 3.63) is 35.4 Å². The molecule has 4 unspecified atom stereocenters. The molecule has 4 atom stereocenters. The molecule has 0 aliphatic heterocycles. The summed E-state index contributed by atoms with van der Waals surface area (Å²) >= 11 is 0. The minimum absolute atomic E-state index is 0.111. The van der Waals surface area contributed by atoms with Crippen LogP contribution in [0.1, 0.15) is 90.9 Å². The zero-order chi connectivity index (χ0) is 25.7. The molecule has 6 heteroatoms. The van der Waals surface area contributed by atoms with Crippen LogP contribution in [-0.2, 0) is 0 Å². The number of benzene rings is 1. The van der Waals surface area contributed by atoms with Crippen LogP contribution in [0.15, 0.2) is 23.8 Å². The van der Waals surface area contributed by atoms with E-state index < -0.39 is 23.3 Å². The van der Waals surface area contributed by atoms with Crippen LogP contribution < -0.4 is 9.47 Å². The monoisotopic (exact) mass is 510 g/mol. The lowest BCUT2D eigenvalue weighted by Crippen LogP contribution is -2.31. The minimum Gasteiger partial charge on any atom is -0.491 e. The summed E-state index contributed by atoms with van der Waals surface area (Å²) in [5.41, 5.74) is 0. The normalized spacial score (nSPS) is 31.4. The van der Waals surface area contributed by atoms with Crippen molar-refractivity contribution in [1.29, 1.82) is 0 Å². The van der Waals surface area contributed by atoms with Gasteiger partial charge in [0.15, 0.2) is 11.5 Å². The Labute approximate surface area is 213 Å². The highest BCUT2D eigenvalue weighted by Gasteiger charge is 2.38. The van der Waals surface area contributed by atoms with Crippen molar-refractivity contribution in [1.82, 2.24) is 0 Å². The molecule has 0 aromatic heterocycles. The molecule has 1 aromatic carbocycles. The Balaban J connectivity index is 1.25. The molecule has 2 nitrogen and oxygen atoms in total. The van der Waals surface area contributed by atoms with Gasteiger partial charge in [-0.15, -0.1) is 0 Å². The van der Waals surface area contributed by atoms with E-state index in [0.29, 0.717) is 37.5 Å². The molecular weight excluding hydrogens is 468 g/mol. The number of halogens is 4. The standard InChI is InChI=1S/C30H42F4O2/c1-3-5-19-6-11-23-17-24(13-12-22(23)16-19)28(32)27(31)21-9-7-20(8-10-21)18-36-26-15-14-25(35-4-2)29(33)30(26)34/h14-15,19-24H,3-13,16-18H2,1-2H3. The van der Waals surface area contributed by atoms with Crippen LogP contribution in [0.5, 0.6) is 11.5 Å². The Morgan fingerprint density at radius 1 is 0.722 bits per heavy atom. The number of hydrogen-bond acceptors (Lipinski definition) is 2. The first-order chi connectivity index (χ1) is 17.4. The van der Waals surface area contributed by atoms with Crippen LogP contribution in [-0.4, -0.2) is 13.2 Å². The Morgan fingerprint density at radius 3 is 1.94 bits per heavy atom. The van der Waals surface area contributed by atoms with Gasteiger partial charge in [-0.25, -0.2) is 8.78 Å². The highest BCUT2D eigenvalue weighted by Crippen LogP contribution is 2.49. The Hall–Kier alpha value is -1.72. The smallest absolute Gasteiger partial charge is 0.204 e. The molecule has 0 N–H and O–H groups in total. The molecule has 1 aromatic rings. The predicted octanol–water partition coefficient (Wildman–Crippen LogP) is 9.33. The maximum absolute atomic E-state index is 15.3. The van der Waals surface area contributed by atoms with Gasteiger partial charge in [-0.2, -0.15) is 8.78 Å². The number of hydrogen-bond donors (Lipinski definition) is 0. The largest absolute Gasteiger partial charge is 0.491 e. The summed E-state index contributed by atoms with van der Waals surface area (Å²) in [5, 5.41) is 0. The van der Waals surface area contributed by atoms with Gasteiger partial charge in [0.25, 0.3) is 0 Å². The molecular formula is C30H42F4O2. The molecule has 202 valence electrons. The Kier molecular flexibility index (Phi) is 9.63. The van der Waals surface area contributed by atoms with Crippen molar-refractivity contribution in [3.63, 3.8) is 0 Å². The fourth-order valence-corrected chi connectivity index (χ4v) is 6.96. The van der Waals surface area contributed by atoms with Crippen molar-refractivity contribution in [2.24, 2.45) is 35.5 Å². The van der Waals surface area contributed by atoms with E-state index in [1.54, 1.807) is 6.92 Å². The third-order valence-electron chi connectivity index (χ3n) is 9.00. The molecule has 3 aliphatic rings. The zero-order valence-electron chi connectivity index (χ0n) is 21.8. The quantitative estimate of drug-likeness (QED) is 0.308. The second-order valence-electron chi connectivity index (χ2n) is 11.3. The van der Waals surface area contributed by atoms with Gasteiger partial charge in [-0.05, 0) is 101 Å². The van der Waals surface area contributed by atoms with Gasteiger partial charge in [0.05, 0.1) is 13.2 Å². The summed E-state index contributed by atoms with van der Waals surface area (Å²) in [5.74, 6) is -1.85. The van der Waals surface area contributed by atoms with E-state index in [9.17, 15) is 8.78 Å². The fraction of sp³-hybridized carbons (Fsp3) is 0.733. The SMILES string of the molecule is CCCC1CCC2CC(C(F)=C(F)C3CCC(COc4ccc(OCC)c(F)c4F)CC3)CCC2C1. The molecule has 0 spiro atoms. The molecule has 3 saturated carbocycles. The van der Waals surface area contributed by atoms with Crippen LogP contribution in [0.25, 0.3) is 0 Å². The lowest BCUT2D eigenvalue weighted by molar-refractivity contribution is 0.0955. The third kappa shape index (κ3) is 6.39. The fourth-order valence-electron chi connectivity index (χ4n) is 6.96. The van der Waals surface area contributed by atoms with Crippen LogP contribution >= 0.6 is 0 Å². The topological polar surface area (TPSA) is 18.5 Å². The second-order valence-corrected chi connectivity index (χ2v) is 11.3. The van der Waals surface area contributed by atoms with E-state index in [1.165, 1.54) is 44.2 Å². The first-order valence-electron chi connectivity index (χ1n) is 14.2. The van der Waals surface area contributed by atoms with E-state index in [0.717, 1.165) is 25.2 Å². The summed E-state index contributed by atoms with van der Waals surface area (Å²) in [6, 6.07) is 2.74. The molecule has 0 radical (unpaired) electrons. The molecule has 0 amide bonds. The Morgan fingerprint density at radius 2 is 1.28 bits per heavy atom. The maximum atomic E-state index is 15.3. The molecule has 0 heterocycles. The van der Waals surface area contributed by atoms with Crippen LogP contribution in [0.4, 0.5) is 17.6 Å². The average molecular weight is 511 g/mol. The summed E-state index contributed by atoms with van der Waals surface area (Å²) < 4.78 is 69.4. The van der Waals surface area contributed by atoms with Crippen LogP contribution in [0.2, 0.25) is 0 Å². The molecule has 3 aliphatic carbocycles. The lowest BCUT2D eigenvalue weighted by Gasteiger charge is -2.42. The van der Waals surface area contributed by atoms with Crippen molar-refractivity contribution >= 4 is 0 Å². The lowest BCUT2D eigenvalue weighted by atomic mass is 9.64. The third-order valence-corrected chi connectivity index (χ3v) is 9.00. The van der Waals surface area contributed by atoms with Gasteiger partial charge < -0.3 is 9.47 Å². The van der Waals surface area contributed by atoms with Crippen molar-refractivity contribution in [2.45, 2.75) is 90.9 Å². The van der Waals surface area contributed by atoms with E-state index in [4.69, 9.17) is 9.47 Å². The molecule has 36 heavy (non-hydrogen) atoms. The summed E-state index contributed by atoms with van der Waals surface area (Å²) in [6.07, 6.45) is 11.3. The molecule has 4 rings (SSSR count). The second kappa shape index (κ2) is 12.7. The van der Waals surface area contributed by atoms with Gasteiger partial charge in [0.1, 0.15) is 11.7 Å². The van der Waals surface area contributed by atoms with Gasteiger partial charge in [0, 0.05) is 11.8 Å². The predicted molar refractivity (Wildman–Crippen MR) is 134 cm³/mol. The first-order valence-corrected chi connectivity index (χ1v) is 14.2. The summed E-state index contributed by atoms with van der Waals surface area (Å²) in [6.45, 7) is 4.42. The van der Waals surface area contributed by atoms with Crippen LogP contribution in [0.3, 0.4) is 0 Å². The van der Waals surface area contributed by atoms with Crippen molar-refractivity contribution in [2.75, 3.05) is 13.2 Å². The zero-order valence-corrected chi connectivity index (χ0v) is 21.8. The van der Waals surface area contributed by atoms with Gasteiger partial charge in [-0.3, -0.25) is 0 Å². The van der Waals surface area contributed by atoms with E-state index in [1.807, 2.05) is 0 Å². The van der Waals surface area contributed by atoms with Crippen molar-refractivity contribution < 1.29 is 27.0 Å². The average Bonchev–Trinajstić information content (AvgIpc) is 2.90. The summed E-state index contributed by atoms with van der Waals surface area (Å²) in [4.78, 5) is 0. The van der Waals surface area contributed by atoms with Gasteiger partial charge in [0.2, 0.25) is 11.6 Å². The van der Waals surface area contributed by atoms with E-state index in [2.05, 4.69) is 6.92 Å². The minimum atomic E-state index is -1.06. The maximum Gasteiger partial charge on any atom is 0.204 e. The number of fused-ring (bicyclic) bond motifs is 1. The number of ether oxygens (including phenoxy) is 2. The van der Waals surface area contributed by atoms with E-state index >= 15 is 8.78 Å². The highest BCUT2D eigenvalue weighted by atomic mass is 19.2. The highest BCUT2D eigenvalue weighted by molar-refractivity contribution is 5.35. The van der Waals surface area contributed by atoms with Crippen molar-refractivity contribution in [3.8, 4) is 11.5 Å². The molecule has 0 saturated heterocycles. The number of allylic oxidation sites excluding steroid dienone is 2. The van der Waals surface area contributed by atoms with Gasteiger partial charge in [-0.1, -0.05) is 26.2 Å². The first kappa shape index (κ1) is 27.3. The van der Waals surface area contributed by atoms with Gasteiger partial charge >= 0.3 is 0 Å². The van der Waals surface area contributed by atoms with Crippen LogP contribution in [0, 0.1) is 47.1 Å². The Bertz CT molecular complexity index is 893. The molecule has 0 bridgehead atoms. The number of rotatable bonds is 9. The summed E-state index contributed by atoms with van der Waals surface area (Å²) in [7, 11) is 0. The van der Waals surface area contributed by atoms with E-state index in [-0.39, 0.29) is 42.5 Å².